The quantitative estimate of drug-likeness (QED) is 0.179. The van der Waals surface area contributed by atoms with E-state index in [2.05, 4.69) is 15.2 Å². The molecule has 2 aliphatic heterocycles. The fourth-order valence-electron chi connectivity index (χ4n) is 5.84. The molecule has 5 heterocycles. The van der Waals surface area contributed by atoms with Crippen LogP contribution in [0.5, 0.6) is 0 Å². The highest BCUT2D eigenvalue weighted by molar-refractivity contribution is 7.89. The van der Waals surface area contributed by atoms with Crippen LogP contribution in [0.2, 0.25) is 5.02 Å². The van der Waals surface area contributed by atoms with Crippen LogP contribution >= 0.6 is 22.9 Å². The molecule has 2 atom stereocenters. The lowest BCUT2D eigenvalue weighted by Crippen LogP contribution is -2.45. The Labute approximate surface area is 283 Å². The Morgan fingerprint density at radius 3 is 2.73 bits per heavy atom. The molecule has 0 bridgehead atoms. The van der Waals surface area contributed by atoms with Gasteiger partial charge in [-0.25, -0.2) is 22.5 Å². The summed E-state index contributed by atoms with van der Waals surface area (Å²) in [4.78, 5) is 24.0. The van der Waals surface area contributed by atoms with Crippen molar-refractivity contribution >= 4 is 50.3 Å². The summed E-state index contributed by atoms with van der Waals surface area (Å²) >= 11 is 7.84. The fraction of sp³-hybridized carbons (Fsp3) is 0.367. The first kappa shape index (κ1) is 33.8. The molecule has 0 unspecified atom stereocenters. The third-order valence-corrected chi connectivity index (χ3v) is 10.8. The second-order valence-corrected chi connectivity index (χ2v) is 14.1. The van der Waals surface area contributed by atoms with Crippen LogP contribution in [0, 0.1) is 5.82 Å². The van der Waals surface area contributed by atoms with Gasteiger partial charge in [-0.2, -0.15) is 23.3 Å². The van der Waals surface area contributed by atoms with Crippen molar-refractivity contribution in [2.45, 2.75) is 56.8 Å². The number of benzene rings is 1. The predicted octanol–water partition coefficient (Wildman–Crippen LogP) is 5.37. The van der Waals surface area contributed by atoms with Gasteiger partial charge in [0.1, 0.15) is 23.3 Å². The Morgan fingerprint density at radius 1 is 1.25 bits per heavy atom. The van der Waals surface area contributed by atoms with Gasteiger partial charge >= 0.3 is 12.5 Å². The third-order valence-electron chi connectivity index (χ3n) is 7.87. The van der Waals surface area contributed by atoms with E-state index >= 15 is 0 Å². The standard InChI is InChI=1S/C30H30ClF3N8O4S2/c1-3-9-39-16-20(14-36-39)48(44,45)42(17-25(43)46-4-2)19-13-24-26(23-7-10-41(38-23)30(33)34)27(21-6-5-18(32)12-22(21)31)37-28(40(24)15-19)29-35-8-11-47-29/h5-8,10-12,14,16,19,27,30H,3-4,9,13,15,17H2,1-2H3/t19-,27-/m0/s1. The van der Waals surface area contributed by atoms with E-state index in [-0.39, 0.29) is 35.2 Å². The number of alkyl halides is 2. The molecule has 2 aliphatic rings. The molecule has 0 aliphatic carbocycles. The smallest absolute Gasteiger partial charge is 0.333 e. The highest BCUT2D eigenvalue weighted by Crippen LogP contribution is 2.47. The monoisotopic (exact) mass is 722 g/mol. The summed E-state index contributed by atoms with van der Waals surface area (Å²) in [5, 5.41) is 10.6. The lowest BCUT2D eigenvalue weighted by Gasteiger charge is -2.32. The van der Waals surface area contributed by atoms with Crippen molar-refractivity contribution in [3.63, 3.8) is 0 Å². The van der Waals surface area contributed by atoms with Crippen LogP contribution < -0.4 is 0 Å². The van der Waals surface area contributed by atoms with Gasteiger partial charge in [-0.1, -0.05) is 24.6 Å². The van der Waals surface area contributed by atoms with E-state index in [9.17, 15) is 26.4 Å². The summed E-state index contributed by atoms with van der Waals surface area (Å²) in [6.07, 6.45) is 6.11. The number of aliphatic imine (C=N–C) groups is 1. The highest BCUT2D eigenvalue weighted by Gasteiger charge is 2.46. The van der Waals surface area contributed by atoms with Crippen molar-refractivity contribution in [1.29, 1.82) is 0 Å². The number of hydrogen-bond acceptors (Lipinski definition) is 10. The number of hydrogen-bond donors (Lipinski definition) is 0. The normalized spacial score (nSPS) is 18.2. The SMILES string of the molecule is CCCn1cc(S(=O)(=O)N(CC(=O)OCC)[C@H]2CC3=C(c4ccn(C(F)F)n4)[C@H](c4ccc(F)cc4Cl)N=C(c4nccs4)N3C2)cn1. The molecule has 0 radical (unpaired) electrons. The van der Waals surface area contributed by atoms with E-state index in [0.29, 0.717) is 38.9 Å². The average molecular weight is 723 g/mol. The maximum absolute atomic E-state index is 14.2. The lowest BCUT2D eigenvalue weighted by atomic mass is 9.92. The average Bonchev–Trinajstić information content (AvgIpc) is 3.87. The number of amidine groups is 1. The van der Waals surface area contributed by atoms with Crippen molar-refractivity contribution in [2.24, 2.45) is 4.99 Å². The molecule has 12 nitrogen and oxygen atoms in total. The minimum atomic E-state index is -4.31. The van der Waals surface area contributed by atoms with Crippen LogP contribution in [-0.4, -0.2) is 79.7 Å². The van der Waals surface area contributed by atoms with E-state index in [1.807, 2.05) is 6.92 Å². The first-order valence-corrected chi connectivity index (χ1v) is 17.7. The number of ether oxygens (including phenoxy) is 1. The van der Waals surface area contributed by atoms with E-state index in [1.165, 1.54) is 46.6 Å². The summed E-state index contributed by atoms with van der Waals surface area (Å²) in [6.45, 7) is 0.594. The van der Waals surface area contributed by atoms with E-state index in [0.717, 1.165) is 23.0 Å². The Morgan fingerprint density at radius 2 is 2.06 bits per heavy atom. The van der Waals surface area contributed by atoms with Crippen LogP contribution in [0.4, 0.5) is 13.2 Å². The summed E-state index contributed by atoms with van der Waals surface area (Å²) in [7, 11) is -4.31. The van der Waals surface area contributed by atoms with Gasteiger partial charge in [0.05, 0.1) is 18.5 Å². The number of aromatic nitrogens is 5. The van der Waals surface area contributed by atoms with Crippen LogP contribution in [0.3, 0.4) is 0 Å². The van der Waals surface area contributed by atoms with Gasteiger partial charge in [0.15, 0.2) is 10.8 Å². The largest absolute Gasteiger partial charge is 0.465 e. The lowest BCUT2D eigenvalue weighted by molar-refractivity contribution is -0.143. The number of carbonyl (C=O) groups is 1. The Bertz CT molecular complexity index is 1980. The second-order valence-electron chi connectivity index (χ2n) is 10.9. The van der Waals surface area contributed by atoms with E-state index in [4.69, 9.17) is 21.3 Å². The predicted molar refractivity (Wildman–Crippen MR) is 171 cm³/mol. The molecule has 1 saturated heterocycles. The molecule has 3 aromatic heterocycles. The maximum Gasteiger partial charge on any atom is 0.333 e. The molecule has 1 fully saturated rings. The van der Waals surface area contributed by atoms with E-state index in [1.54, 1.807) is 23.4 Å². The summed E-state index contributed by atoms with van der Waals surface area (Å²) in [6, 6.07) is 3.41. The highest BCUT2D eigenvalue weighted by atomic mass is 35.5. The molecule has 0 saturated carbocycles. The molecule has 48 heavy (non-hydrogen) atoms. The molecule has 1 aromatic carbocycles. The Hall–Kier alpha value is -4.06. The van der Waals surface area contributed by atoms with Crippen LogP contribution in [-0.2, 0) is 26.1 Å². The van der Waals surface area contributed by atoms with Gasteiger partial charge in [-0.15, -0.1) is 11.3 Å². The molecule has 0 amide bonds. The van der Waals surface area contributed by atoms with Gasteiger partial charge in [-0.05, 0) is 31.5 Å². The zero-order chi connectivity index (χ0) is 34.2. The van der Waals surface area contributed by atoms with Crippen molar-refractivity contribution in [3.8, 4) is 0 Å². The molecular weight excluding hydrogens is 693 g/mol. The Kier molecular flexibility index (Phi) is 9.74. The number of nitrogens with zero attached hydrogens (tertiary/aromatic N) is 8. The topological polar surface area (TPSA) is 128 Å². The molecule has 18 heteroatoms. The van der Waals surface area contributed by atoms with Crippen molar-refractivity contribution in [3.05, 3.63) is 87.2 Å². The molecule has 254 valence electrons. The van der Waals surface area contributed by atoms with Crippen molar-refractivity contribution < 1.29 is 31.1 Å². The first-order valence-electron chi connectivity index (χ1n) is 15.0. The van der Waals surface area contributed by atoms with Gasteiger partial charge in [0.25, 0.3) is 0 Å². The molecule has 0 N–H and O–H groups in total. The number of halogens is 4. The summed E-state index contributed by atoms with van der Waals surface area (Å²) in [5.74, 6) is -0.958. The van der Waals surface area contributed by atoms with Gasteiger partial charge < -0.3 is 9.64 Å². The molecule has 6 rings (SSSR count). The summed E-state index contributed by atoms with van der Waals surface area (Å²) in [5.41, 5.74) is 1.40. The van der Waals surface area contributed by atoms with Crippen molar-refractivity contribution in [2.75, 3.05) is 19.7 Å². The minimum Gasteiger partial charge on any atom is -0.465 e. The molecule has 4 aromatic rings. The van der Waals surface area contributed by atoms with E-state index < -0.39 is 47.0 Å². The molecule has 0 spiro atoms. The van der Waals surface area contributed by atoms with Gasteiger partial charge in [0.2, 0.25) is 10.0 Å². The number of esters is 1. The van der Waals surface area contributed by atoms with Crippen LogP contribution in [0.1, 0.15) is 55.5 Å². The number of rotatable bonds is 12. The number of aryl methyl sites for hydroxylation is 1. The van der Waals surface area contributed by atoms with Crippen LogP contribution in [0.15, 0.2) is 70.0 Å². The van der Waals surface area contributed by atoms with Crippen LogP contribution in [0.25, 0.3) is 5.57 Å². The van der Waals surface area contributed by atoms with Gasteiger partial charge in [-0.3, -0.25) is 14.5 Å². The Balaban J connectivity index is 1.52. The second kappa shape index (κ2) is 13.8. The number of fused-ring (bicyclic) bond motifs is 1. The number of carbonyl (C=O) groups excluding carboxylic acids is 1. The number of sulfonamides is 1. The first-order chi connectivity index (χ1) is 23.0. The zero-order valence-corrected chi connectivity index (χ0v) is 28.1. The zero-order valence-electron chi connectivity index (χ0n) is 25.7. The van der Waals surface area contributed by atoms with Gasteiger partial charge in [0, 0.05) is 71.4 Å². The minimum absolute atomic E-state index is 0.0261. The van der Waals surface area contributed by atoms with Crippen molar-refractivity contribution in [1.82, 2.24) is 33.8 Å². The fourth-order valence-corrected chi connectivity index (χ4v) is 8.26. The summed E-state index contributed by atoms with van der Waals surface area (Å²) < 4.78 is 78.4. The molecular formula is C30H30ClF3N8O4S2. The maximum atomic E-state index is 14.2. The number of thiazole rings is 1. The third kappa shape index (κ3) is 6.51.